The average Bonchev–Trinajstić information content (AvgIpc) is 3.21. The molecule has 1 atom stereocenters. The van der Waals surface area contributed by atoms with Gasteiger partial charge in [-0.05, 0) is 5.56 Å². The van der Waals surface area contributed by atoms with Gasteiger partial charge >= 0.3 is 0 Å². The first kappa shape index (κ1) is 20.4. The summed E-state index contributed by atoms with van der Waals surface area (Å²) >= 11 is 1.44. The monoisotopic (exact) mass is 420 g/mol. The van der Waals surface area contributed by atoms with Crippen LogP contribution in [0.1, 0.15) is 10.8 Å². The summed E-state index contributed by atoms with van der Waals surface area (Å²) in [6.45, 7) is 6.81. The molecule has 1 aliphatic heterocycles. The van der Waals surface area contributed by atoms with Crippen LogP contribution in [0.5, 0.6) is 0 Å². The highest BCUT2D eigenvalue weighted by molar-refractivity contribution is 8.00. The van der Waals surface area contributed by atoms with Crippen molar-refractivity contribution in [2.24, 2.45) is 0 Å². The molecule has 1 aliphatic rings. The summed E-state index contributed by atoms with van der Waals surface area (Å²) in [6.07, 6.45) is 1.82. The molecule has 0 unspecified atom stereocenters. The maximum Gasteiger partial charge on any atom is 0.240 e. The molecule has 4 rings (SSSR count). The van der Waals surface area contributed by atoms with Crippen LogP contribution in [0, 0.1) is 0 Å². The van der Waals surface area contributed by atoms with E-state index in [0.29, 0.717) is 38.0 Å². The molecule has 6 nitrogen and oxygen atoms in total. The molecule has 1 fully saturated rings. The molecular formula is C23H24N4O2S. The average molecular weight is 421 g/mol. The second-order valence-corrected chi connectivity index (χ2v) is 7.99. The zero-order chi connectivity index (χ0) is 20.8. The smallest absolute Gasteiger partial charge is 0.240 e. The predicted octanol–water partition coefficient (Wildman–Crippen LogP) is 3.82. The van der Waals surface area contributed by atoms with Crippen molar-refractivity contribution in [1.82, 2.24) is 19.7 Å². The van der Waals surface area contributed by atoms with E-state index in [0.717, 1.165) is 17.0 Å². The van der Waals surface area contributed by atoms with Crippen molar-refractivity contribution in [3.05, 3.63) is 78.9 Å². The molecule has 154 valence electrons. The topological polar surface area (TPSA) is 60.2 Å². The van der Waals surface area contributed by atoms with Crippen LogP contribution in [0.3, 0.4) is 0 Å². The van der Waals surface area contributed by atoms with Gasteiger partial charge in [0.1, 0.15) is 5.25 Å². The van der Waals surface area contributed by atoms with Gasteiger partial charge in [0, 0.05) is 25.2 Å². The third-order valence-corrected chi connectivity index (χ3v) is 6.16. The molecule has 0 N–H and O–H groups in total. The predicted molar refractivity (Wildman–Crippen MR) is 118 cm³/mol. The van der Waals surface area contributed by atoms with Gasteiger partial charge in [-0.1, -0.05) is 78.5 Å². The van der Waals surface area contributed by atoms with Crippen LogP contribution < -0.4 is 0 Å². The van der Waals surface area contributed by atoms with Gasteiger partial charge in [-0.25, -0.2) is 0 Å². The summed E-state index contributed by atoms with van der Waals surface area (Å²) in [7, 11) is 0. The lowest BCUT2D eigenvalue weighted by atomic mass is 10.1. The van der Waals surface area contributed by atoms with Crippen molar-refractivity contribution in [2.75, 3.05) is 26.3 Å². The molecule has 3 aromatic rings. The van der Waals surface area contributed by atoms with E-state index in [1.54, 1.807) is 0 Å². The zero-order valence-corrected chi connectivity index (χ0v) is 17.5. The number of hydrogen-bond acceptors (Lipinski definition) is 5. The molecule has 2 aromatic carbocycles. The Balaban J connectivity index is 1.68. The fraction of sp³-hybridized carbons (Fsp3) is 0.261. The molecule has 1 amide bonds. The highest BCUT2D eigenvalue weighted by Crippen LogP contribution is 2.37. The lowest BCUT2D eigenvalue weighted by Gasteiger charge is -2.30. The van der Waals surface area contributed by atoms with Crippen LogP contribution in [0.15, 0.2) is 78.5 Å². The number of ether oxygens (including phenoxy) is 1. The zero-order valence-electron chi connectivity index (χ0n) is 16.7. The molecule has 0 radical (unpaired) electrons. The molecule has 2 heterocycles. The van der Waals surface area contributed by atoms with Crippen LogP contribution in [-0.4, -0.2) is 51.9 Å². The Hall–Kier alpha value is -2.90. The van der Waals surface area contributed by atoms with E-state index in [9.17, 15) is 4.79 Å². The van der Waals surface area contributed by atoms with E-state index in [1.807, 2.05) is 76.2 Å². The number of benzene rings is 2. The Morgan fingerprint density at radius 2 is 1.73 bits per heavy atom. The van der Waals surface area contributed by atoms with Crippen molar-refractivity contribution >= 4 is 17.7 Å². The van der Waals surface area contributed by atoms with E-state index in [-0.39, 0.29) is 5.91 Å². The number of rotatable bonds is 7. The normalized spacial score (nSPS) is 15.0. The van der Waals surface area contributed by atoms with Crippen molar-refractivity contribution < 1.29 is 9.53 Å². The largest absolute Gasteiger partial charge is 0.378 e. The first-order valence-electron chi connectivity index (χ1n) is 9.95. The molecule has 1 saturated heterocycles. The van der Waals surface area contributed by atoms with Crippen molar-refractivity contribution in [1.29, 1.82) is 0 Å². The van der Waals surface area contributed by atoms with Crippen LogP contribution in [0.2, 0.25) is 0 Å². The lowest BCUT2D eigenvalue weighted by Crippen LogP contribution is -2.42. The Morgan fingerprint density at radius 1 is 1.07 bits per heavy atom. The molecular weight excluding hydrogens is 396 g/mol. The molecule has 30 heavy (non-hydrogen) atoms. The second-order valence-electron chi connectivity index (χ2n) is 6.92. The number of amides is 1. The summed E-state index contributed by atoms with van der Waals surface area (Å²) in [6, 6.07) is 19.8. The Labute approximate surface area is 180 Å². The molecule has 0 bridgehead atoms. The summed E-state index contributed by atoms with van der Waals surface area (Å²) in [5, 5.41) is 9.16. The first-order chi connectivity index (χ1) is 14.8. The Morgan fingerprint density at radius 3 is 2.40 bits per heavy atom. The number of nitrogens with zero attached hydrogens (tertiary/aromatic N) is 4. The van der Waals surface area contributed by atoms with Gasteiger partial charge < -0.3 is 9.64 Å². The first-order valence-corrected chi connectivity index (χ1v) is 10.8. The fourth-order valence-corrected chi connectivity index (χ4v) is 4.54. The Bertz CT molecular complexity index is 985. The number of aromatic nitrogens is 3. The lowest BCUT2D eigenvalue weighted by molar-refractivity contribution is -0.134. The summed E-state index contributed by atoms with van der Waals surface area (Å²) in [5.41, 5.74) is 1.93. The van der Waals surface area contributed by atoms with Gasteiger partial charge in [0.15, 0.2) is 11.0 Å². The van der Waals surface area contributed by atoms with Gasteiger partial charge in [0.2, 0.25) is 5.91 Å². The van der Waals surface area contributed by atoms with Gasteiger partial charge in [-0.3, -0.25) is 9.36 Å². The van der Waals surface area contributed by atoms with E-state index >= 15 is 0 Å². The van der Waals surface area contributed by atoms with E-state index in [1.165, 1.54) is 11.8 Å². The van der Waals surface area contributed by atoms with Gasteiger partial charge in [0.25, 0.3) is 0 Å². The van der Waals surface area contributed by atoms with E-state index in [2.05, 4.69) is 16.8 Å². The molecule has 0 saturated carbocycles. The third-order valence-electron chi connectivity index (χ3n) is 4.93. The maximum absolute atomic E-state index is 13.4. The third kappa shape index (κ3) is 4.47. The highest BCUT2D eigenvalue weighted by atomic mass is 32.2. The van der Waals surface area contributed by atoms with Crippen molar-refractivity contribution in [2.45, 2.75) is 17.0 Å². The van der Waals surface area contributed by atoms with Crippen molar-refractivity contribution in [3.8, 4) is 11.4 Å². The number of hydrogen-bond donors (Lipinski definition) is 0. The number of carbonyl (C=O) groups is 1. The summed E-state index contributed by atoms with van der Waals surface area (Å²) < 4.78 is 7.43. The summed E-state index contributed by atoms with van der Waals surface area (Å²) in [4.78, 5) is 15.3. The van der Waals surface area contributed by atoms with E-state index < -0.39 is 5.25 Å². The quantitative estimate of drug-likeness (QED) is 0.430. The number of allylic oxidation sites excluding steroid dienone is 1. The molecule has 0 spiro atoms. The van der Waals surface area contributed by atoms with Gasteiger partial charge in [-0.2, -0.15) is 0 Å². The highest BCUT2D eigenvalue weighted by Gasteiger charge is 2.30. The van der Waals surface area contributed by atoms with Gasteiger partial charge in [-0.15, -0.1) is 16.8 Å². The molecule has 1 aromatic heterocycles. The minimum Gasteiger partial charge on any atom is -0.378 e. The second kappa shape index (κ2) is 9.73. The number of thioether (sulfide) groups is 1. The summed E-state index contributed by atoms with van der Waals surface area (Å²) in [5.74, 6) is 0.840. The van der Waals surface area contributed by atoms with Gasteiger partial charge in [0.05, 0.1) is 13.2 Å². The molecule has 7 heteroatoms. The van der Waals surface area contributed by atoms with Crippen LogP contribution in [-0.2, 0) is 16.1 Å². The maximum atomic E-state index is 13.4. The van der Waals surface area contributed by atoms with E-state index in [4.69, 9.17) is 4.74 Å². The fourth-order valence-electron chi connectivity index (χ4n) is 3.41. The Kier molecular flexibility index (Phi) is 6.61. The van der Waals surface area contributed by atoms with Crippen LogP contribution in [0.4, 0.5) is 0 Å². The molecule has 0 aliphatic carbocycles. The minimum atomic E-state index is -0.402. The standard InChI is InChI=1S/C23H24N4O2S/c1-2-13-27-21(19-11-7-4-8-12-19)24-25-23(27)30-20(18-9-5-3-6-10-18)22(28)26-14-16-29-17-15-26/h2-12,20H,1,13-17H2/t20-/m1/s1. The minimum absolute atomic E-state index is 0.0731. The number of morpholine rings is 1. The van der Waals surface area contributed by atoms with Crippen molar-refractivity contribution in [3.63, 3.8) is 0 Å². The SMILES string of the molecule is C=CCn1c(S[C@@H](C(=O)N2CCOCC2)c2ccccc2)nnc1-c1ccccc1. The van der Waals surface area contributed by atoms with Crippen LogP contribution >= 0.6 is 11.8 Å². The number of carbonyl (C=O) groups excluding carboxylic acids is 1. The van der Waals surface area contributed by atoms with Crippen LogP contribution in [0.25, 0.3) is 11.4 Å².